The van der Waals surface area contributed by atoms with Crippen molar-refractivity contribution in [2.24, 2.45) is 0 Å². The number of hydrogen-bond donors (Lipinski definition) is 0. The minimum absolute atomic E-state index is 0.107. The van der Waals surface area contributed by atoms with Gasteiger partial charge < -0.3 is 14.2 Å². The first kappa shape index (κ1) is 76.8. The van der Waals surface area contributed by atoms with Crippen LogP contribution in [0.15, 0.2) is 170 Å². The highest BCUT2D eigenvalue weighted by Crippen LogP contribution is 2.14. The third-order valence-corrected chi connectivity index (χ3v) is 13.4. The molecule has 0 aliphatic rings. The average Bonchev–Trinajstić information content (AvgIpc) is 3.48. The van der Waals surface area contributed by atoms with Crippen molar-refractivity contribution in [3.8, 4) is 0 Å². The summed E-state index contributed by atoms with van der Waals surface area (Å²) in [4.78, 5) is 38.4. The summed E-state index contributed by atoms with van der Waals surface area (Å²) < 4.78 is 16.9. The number of carbonyl (C=O) groups is 3. The molecule has 0 saturated heterocycles. The number of ether oxygens (including phenoxy) is 3. The fourth-order valence-electron chi connectivity index (χ4n) is 8.54. The SMILES string of the molecule is CC/C=C\C/C=C\C/C=C\C/C=C\C/C=C\C/C=C\C/C=C\CCCCCCCC(=O)OCC(COC(=O)CCCCCCC/C=C\CCCCCCC)OC(=O)CCCCCC/C=C\C/C=C\C/C=C\C/C=C\C/C=C\C/C=C\CC. The van der Waals surface area contributed by atoms with Crippen LogP contribution in [0.5, 0.6) is 0 Å². The van der Waals surface area contributed by atoms with Crippen molar-refractivity contribution in [2.75, 3.05) is 13.2 Å². The van der Waals surface area contributed by atoms with Gasteiger partial charge in [0.25, 0.3) is 0 Å². The van der Waals surface area contributed by atoms with Gasteiger partial charge in [-0.15, -0.1) is 0 Å². The van der Waals surface area contributed by atoms with Gasteiger partial charge in [0.15, 0.2) is 6.10 Å². The zero-order valence-corrected chi connectivity index (χ0v) is 52.7. The summed E-state index contributed by atoms with van der Waals surface area (Å²) in [6.07, 6.45) is 101. The molecule has 0 aliphatic carbocycles. The van der Waals surface area contributed by atoms with Crippen LogP contribution in [0.3, 0.4) is 0 Å². The maximum Gasteiger partial charge on any atom is 0.306 e. The number of allylic oxidation sites excluding steroid dienone is 28. The highest BCUT2D eigenvalue weighted by Gasteiger charge is 2.19. The van der Waals surface area contributed by atoms with Crippen LogP contribution in [0.25, 0.3) is 0 Å². The molecule has 0 aromatic carbocycles. The summed E-state index contributed by atoms with van der Waals surface area (Å²) in [7, 11) is 0. The number of carbonyl (C=O) groups excluding carboxylic acids is 3. The van der Waals surface area contributed by atoms with E-state index < -0.39 is 6.10 Å². The monoisotopic (exact) mass is 1130 g/mol. The smallest absolute Gasteiger partial charge is 0.306 e. The molecule has 0 saturated carbocycles. The van der Waals surface area contributed by atoms with Crippen molar-refractivity contribution in [3.63, 3.8) is 0 Å². The normalized spacial score (nSPS) is 13.3. The van der Waals surface area contributed by atoms with E-state index in [1.807, 2.05) is 0 Å². The third-order valence-electron chi connectivity index (χ3n) is 13.4. The lowest BCUT2D eigenvalue weighted by Crippen LogP contribution is -2.30. The lowest BCUT2D eigenvalue weighted by atomic mass is 10.1. The molecular formula is C76H120O6. The highest BCUT2D eigenvalue weighted by molar-refractivity contribution is 5.71. The Hall–Kier alpha value is -5.23. The van der Waals surface area contributed by atoms with Gasteiger partial charge in [0.05, 0.1) is 0 Å². The van der Waals surface area contributed by atoms with Crippen LogP contribution in [-0.2, 0) is 28.6 Å². The van der Waals surface area contributed by atoms with Crippen LogP contribution in [0.2, 0.25) is 0 Å². The Kier molecular flexibility index (Phi) is 63.9. The van der Waals surface area contributed by atoms with E-state index >= 15 is 0 Å². The molecule has 0 aromatic heterocycles. The molecule has 6 nitrogen and oxygen atoms in total. The van der Waals surface area contributed by atoms with E-state index in [4.69, 9.17) is 14.2 Å². The molecule has 460 valence electrons. The summed E-state index contributed by atoms with van der Waals surface area (Å²) in [5.41, 5.74) is 0. The second-order valence-electron chi connectivity index (χ2n) is 21.3. The lowest BCUT2D eigenvalue weighted by molar-refractivity contribution is -0.167. The number of rotatable bonds is 58. The lowest BCUT2D eigenvalue weighted by Gasteiger charge is -2.18. The van der Waals surface area contributed by atoms with Crippen molar-refractivity contribution in [2.45, 2.75) is 277 Å². The van der Waals surface area contributed by atoms with Crippen molar-refractivity contribution in [1.29, 1.82) is 0 Å². The first-order valence-corrected chi connectivity index (χ1v) is 33.1. The van der Waals surface area contributed by atoms with Crippen molar-refractivity contribution in [1.82, 2.24) is 0 Å². The molecule has 0 aliphatic heterocycles. The summed E-state index contributed by atoms with van der Waals surface area (Å²) in [6.45, 7) is 6.36. The molecule has 6 heteroatoms. The molecule has 0 spiro atoms. The fourth-order valence-corrected chi connectivity index (χ4v) is 8.54. The largest absolute Gasteiger partial charge is 0.462 e. The Balaban J connectivity index is 4.49. The number of unbranched alkanes of at least 4 members (excludes halogenated alkanes) is 19. The quantitative estimate of drug-likeness (QED) is 0.0261. The van der Waals surface area contributed by atoms with Crippen molar-refractivity contribution in [3.05, 3.63) is 170 Å². The number of hydrogen-bond acceptors (Lipinski definition) is 6. The molecule has 0 amide bonds. The van der Waals surface area contributed by atoms with Gasteiger partial charge >= 0.3 is 17.9 Å². The average molecular weight is 1130 g/mol. The van der Waals surface area contributed by atoms with E-state index in [0.29, 0.717) is 12.8 Å². The van der Waals surface area contributed by atoms with Gasteiger partial charge in [0.1, 0.15) is 13.2 Å². The third kappa shape index (κ3) is 65.6. The predicted molar refractivity (Wildman–Crippen MR) is 357 cm³/mol. The zero-order chi connectivity index (χ0) is 59.2. The Morgan fingerprint density at radius 3 is 0.756 bits per heavy atom. The van der Waals surface area contributed by atoms with Crippen LogP contribution in [0.1, 0.15) is 271 Å². The molecule has 0 N–H and O–H groups in total. The van der Waals surface area contributed by atoms with E-state index in [1.54, 1.807) is 0 Å². The van der Waals surface area contributed by atoms with E-state index in [0.717, 1.165) is 186 Å². The first-order valence-electron chi connectivity index (χ1n) is 33.1. The zero-order valence-electron chi connectivity index (χ0n) is 52.7. The summed E-state index contributed by atoms with van der Waals surface area (Å²) >= 11 is 0. The van der Waals surface area contributed by atoms with Crippen molar-refractivity contribution >= 4 is 17.9 Å². The molecule has 1 atom stereocenters. The van der Waals surface area contributed by atoms with E-state index in [1.165, 1.54) is 44.9 Å². The fraction of sp³-hybridized carbons (Fsp3) is 0.592. The topological polar surface area (TPSA) is 78.9 Å². The van der Waals surface area contributed by atoms with Crippen LogP contribution in [0, 0.1) is 0 Å². The predicted octanol–water partition coefficient (Wildman–Crippen LogP) is 23.0. The highest BCUT2D eigenvalue weighted by atomic mass is 16.6. The molecule has 0 radical (unpaired) electrons. The van der Waals surface area contributed by atoms with Gasteiger partial charge in [-0.3, -0.25) is 14.4 Å². The second kappa shape index (κ2) is 68.3. The van der Waals surface area contributed by atoms with Gasteiger partial charge in [-0.05, 0) is 154 Å². The molecular weight excluding hydrogens is 1010 g/mol. The Bertz CT molecular complexity index is 1870. The van der Waals surface area contributed by atoms with Crippen LogP contribution >= 0.6 is 0 Å². The molecule has 0 aromatic rings. The summed E-state index contributed by atoms with van der Waals surface area (Å²) in [5.74, 6) is -0.963. The molecule has 1 unspecified atom stereocenters. The van der Waals surface area contributed by atoms with Gasteiger partial charge in [0.2, 0.25) is 0 Å². The second-order valence-corrected chi connectivity index (χ2v) is 21.3. The van der Waals surface area contributed by atoms with Crippen LogP contribution < -0.4 is 0 Å². The van der Waals surface area contributed by atoms with Gasteiger partial charge in [-0.2, -0.15) is 0 Å². The summed E-state index contributed by atoms with van der Waals surface area (Å²) in [6, 6.07) is 0. The first-order chi connectivity index (χ1) is 40.5. The molecule has 0 heterocycles. The van der Waals surface area contributed by atoms with Gasteiger partial charge in [0, 0.05) is 19.3 Å². The Labute approximate surface area is 504 Å². The Morgan fingerprint density at radius 2 is 0.476 bits per heavy atom. The van der Waals surface area contributed by atoms with E-state index in [9.17, 15) is 14.4 Å². The van der Waals surface area contributed by atoms with E-state index in [-0.39, 0.29) is 37.5 Å². The molecule has 82 heavy (non-hydrogen) atoms. The van der Waals surface area contributed by atoms with Crippen LogP contribution in [0.4, 0.5) is 0 Å². The van der Waals surface area contributed by atoms with Gasteiger partial charge in [-0.1, -0.05) is 268 Å². The number of esters is 3. The molecule has 0 fully saturated rings. The van der Waals surface area contributed by atoms with E-state index in [2.05, 4.69) is 191 Å². The maximum absolute atomic E-state index is 12.9. The molecule has 0 rings (SSSR count). The van der Waals surface area contributed by atoms with Gasteiger partial charge in [-0.25, -0.2) is 0 Å². The Morgan fingerprint density at radius 1 is 0.256 bits per heavy atom. The van der Waals surface area contributed by atoms with Crippen molar-refractivity contribution < 1.29 is 28.6 Å². The standard InChI is InChI=1S/C76H120O6/c1-4-7-10-13-16-19-22-25-28-30-32-34-36-37-38-39-41-42-44-46-48-51-54-57-60-63-66-69-75(78)81-72-73(71-80-74(77)68-65-62-59-56-53-50-27-24-21-18-15-12-9-6-3)82-76(79)70-67-64-61-58-55-52-49-47-45-43-40-35-33-31-29-26-23-20-17-14-11-8-5-2/h7-8,10-11,16-17,19-20,24-29,32-35,37-38,41-43,45-46,48-49,52,73H,4-6,9,12-15,18,21-23,30-31,36,39-40,44,47,50-51,53-72H2,1-3H3/b10-7-,11-8-,19-16-,20-17-,27-24-,28-25-,29-26-,34-32-,35-33-,38-37-,42-41-,45-43-,48-46-,52-49-. The van der Waals surface area contributed by atoms with Crippen LogP contribution in [-0.4, -0.2) is 37.2 Å². The maximum atomic E-state index is 12.9. The molecule has 0 bridgehead atoms. The minimum atomic E-state index is -0.815. The summed E-state index contributed by atoms with van der Waals surface area (Å²) in [5, 5.41) is 0. The minimum Gasteiger partial charge on any atom is -0.462 e.